The van der Waals surface area contributed by atoms with Crippen LogP contribution in [-0.2, 0) is 35.9 Å². The zero-order valence-electron chi connectivity index (χ0n) is 39.9. The number of nitrogens with one attached hydrogen (secondary N) is 4. The summed E-state index contributed by atoms with van der Waals surface area (Å²) in [7, 11) is 0. The lowest BCUT2D eigenvalue weighted by Gasteiger charge is -2.38. The molecular formula is C53H58Cl2FN7O7. The highest BCUT2D eigenvalue weighted by Crippen LogP contribution is 2.57. The zero-order chi connectivity index (χ0) is 49.6. The number of benzene rings is 4. The lowest BCUT2D eigenvalue weighted by molar-refractivity contribution is -0.137. The van der Waals surface area contributed by atoms with E-state index in [0.29, 0.717) is 77.7 Å². The van der Waals surface area contributed by atoms with Gasteiger partial charge in [-0.3, -0.25) is 29.3 Å². The average molecular weight is 995 g/mol. The molecule has 4 heterocycles. The molecule has 4 N–H and O–H groups in total. The first-order chi connectivity index (χ1) is 33.4. The summed E-state index contributed by atoms with van der Waals surface area (Å²) in [6, 6.07) is 16.7. The molecule has 1 unspecified atom stereocenters. The third-order valence-electron chi connectivity index (χ3n) is 14.4. The quantitative estimate of drug-likeness (QED) is 0.0581. The molecule has 2 saturated heterocycles. The summed E-state index contributed by atoms with van der Waals surface area (Å²) in [6.45, 7) is 11.3. The number of aryl methyl sites for hydroxylation is 2. The smallest absolute Gasteiger partial charge is 0.255 e. The second-order valence-electron chi connectivity index (χ2n) is 20.5. The van der Waals surface area contributed by atoms with E-state index in [2.05, 4.69) is 52.3 Å². The van der Waals surface area contributed by atoms with Gasteiger partial charge in [0.1, 0.15) is 23.0 Å². The number of hydrogen-bond donors (Lipinski definition) is 4. The highest BCUT2D eigenvalue weighted by Gasteiger charge is 2.66. The number of nitrogens with zero attached hydrogens (tertiary/aromatic N) is 3. The van der Waals surface area contributed by atoms with Gasteiger partial charge < -0.3 is 30.3 Å². The van der Waals surface area contributed by atoms with Crippen molar-refractivity contribution in [3.63, 3.8) is 0 Å². The Bertz CT molecular complexity index is 2770. The van der Waals surface area contributed by atoms with E-state index in [1.165, 1.54) is 11.0 Å². The van der Waals surface area contributed by atoms with Crippen molar-refractivity contribution < 1.29 is 37.8 Å². The fourth-order valence-corrected chi connectivity index (χ4v) is 11.6. The maximum Gasteiger partial charge on any atom is 0.255 e. The van der Waals surface area contributed by atoms with Crippen LogP contribution >= 0.6 is 23.2 Å². The van der Waals surface area contributed by atoms with Crippen LogP contribution in [0.5, 0.6) is 5.75 Å². The number of piperidine rings is 1. The maximum atomic E-state index is 16.2. The molecule has 4 aromatic carbocycles. The molecule has 0 bridgehead atoms. The van der Waals surface area contributed by atoms with Crippen LogP contribution in [-0.4, -0.2) is 77.9 Å². The van der Waals surface area contributed by atoms with Crippen LogP contribution in [0.25, 0.3) is 0 Å². The molecule has 0 radical (unpaired) electrons. The number of rotatable bonds is 13. The molecule has 1 saturated carbocycles. The van der Waals surface area contributed by atoms with Crippen molar-refractivity contribution in [2.45, 2.75) is 134 Å². The largest absolute Gasteiger partial charge is 0.493 e. The minimum Gasteiger partial charge on any atom is -0.493 e. The van der Waals surface area contributed by atoms with Gasteiger partial charge >= 0.3 is 0 Å². The van der Waals surface area contributed by atoms with E-state index in [1.54, 1.807) is 42.5 Å². The molecule has 1 aliphatic carbocycles. The minimum atomic E-state index is -1.33. The Labute approximate surface area is 416 Å². The van der Waals surface area contributed by atoms with Gasteiger partial charge in [0.15, 0.2) is 0 Å². The summed E-state index contributed by atoms with van der Waals surface area (Å²) in [5, 5.41) is 21.6. The number of carbonyl (C=O) groups is 5. The Kier molecular flexibility index (Phi) is 13.9. The van der Waals surface area contributed by atoms with Crippen molar-refractivity contribution >= 4 is 69.8 Å². The Morgan fingerprint density at radius 1 is 0.914 bits per heavy atom. The third kappa shape index (κ3) is 9.57. The van der Waals surface area contributed by atoms with Crippen molar-refractivity contribution in [1.29, 1.82) is 0 Å². The zero-order valence-corrected chi connectivity index (χ0v) is 41.4. The van der Waals surface area contributed by atoms with Gasteiger partial charge in [-0.25, -0.2) is 4.39 Å². The molecule has 0 aromatic heterocycles. The summed E-state index contributed by atoms with van der Waals surface area (Å²) >= 11 is 12.8. The first kappa shape index (κ1) is 49.2. The van der Waals surface area contributed by atoms with E-state index < -0.39 is 41.2 Å². The number of ether oxygens (including phenoxy) is 2. The van der Waals surface area contributed by atoms with Crippen LogP contribution in [0.4, 0.5) is 21.5 Å². The number of amides is 5. The lowest BCUT2D eigenvalue weighted by atomic mass is 9.62. The Morgan fingerprint density at radius 3 is 2.39 bits per heavy atom. The Morgan fingerprint density at radius 2 is 1.66 bits per heavy atom. The summed E-state index contributed by atoms with van der Waals surface area (Å²) in [4.78, 5) is 68.0. The Balaban J connectivity index is 0.782. The second kappa shape index (κ2) is 19.8. The molecule has 5 atom stereocenters. The van der Waals surface area contributed by atoms with Crippen LogP contribution in [0.15, 0.2) is 77.0 Å². The lowest BCUT2D eigenvalue weighted by Crippen LogP contribution is -2.52. The summed E-state index contributed by atoms with van der Waals surface area (Å²) in [5.41, 5.74) is 3.95. The van der Waals surface area contributed by atoms with E-state index in [-0.39, 0.29) is 71.2 Å². The van der Waals surface area contributed by atoms with Crippen molar-refractivity contribution in [3.8, 4) is 5.75 Å². The number of halogens is 3. The van der Waals surface area contributed by atoms with Gasteiger partial charge in [-0.15, -0.1) is 0 Å². The highest BCUT2D eigenvalue weighted by atomic mass is 35.5. The van der Waals surface area contributed by atoms with Gasteiger partial charge in [-0.1, -0.05) is 68.2 Å². The van der Waals surface area contributed by atoms with Gasteiger partial charge in [0.05, 0.1) is 41.8 Å². The van der Waals surface area contributed by atoms with E-state index >= 15 is 4.39 Å². The summed E-state index contributed by atoms with van der Waals surface area (Å²) in [5.74, 6) is -2.48. The maximum absolute atomic E-state index is 16.2. The van der Waals surface area contributed by atoms with Crippen LogP contribution in [0.2, 0.25) is 10.0 Å². The number of fused-ring (bicyclic) bond motifs is 3. The van der Waals surface area contributed by atoms with Gasteiger partial charge in [0, 0.05) is 59.2 Å². The van der Waals surface area contributed by atoms with Crippen molar-refractivity contribution in [1.82, 2.24) is 20.9 Å². The second-order valence-corrected chi connectivity index (χ2v) is 21.3. The molecule has 17 heteroatoms. The molecular weight excluding hydrogens is 937 g/mol. The van der Waals surface area contributed by atoms with Crippen LogP contribution < -0.4 is 26.0 Å². The topological polar surface area (TPSA) is 180 Å². The standard InChI is InChI=1S/C53H58Cl2FN7O7/c1-28-23-32(61-62-39-12-7-9-34-36(39)27-63(50(34)67)41-19-20-43(64)60-48(41)65)24-29(2)47(28)70-22-8-21-69-33-16-14-31(15-17-33)57-49(66)46-44(35-10-6-11-38(55)45(35)56)53(42(59-46)26-52(3,4)5)37-18-13-30(54)25-40(37)58-51(53)68/h6-7,9-13,18,23-25,31,33,41-42,44,46,59H,8,14-17,19-22,26-27H2,1-5H3,(H,57,66)(H,58,68)(H,60,64,65)/t31?,33?,41?,42-,44-,46+,53+/m0/s1. The fraction of sp³-hybridized carbons (Fsp3) is 0.453. The first-order valence-corrected chi connectivity index (χ1v) is 24.8. The monoisotopic (exact) mass is 993 g/mol. The van der Waals surface area contributed by atoms with Crippen LogP contribution in [0.1, 0.15) is 116 Å². The minimum absolute atomic E-state index is 0.0218. The van der Waals surface area contributed by atoms with Crippen molar-refractivity contribution in [2.24, 2.45) is 15.6 Å². The van der Waals surface area contributed by atoms with E-state index in [0.717, 1.165) is 29.7 Å². The van der Waals surface area contributed by atoms with E-state index in [9.17, 15) is 24.0 Å². The molecule has 5 amide bonds. The third-order valence-corrected chi connectivity index (χ3v) is 14.9. The SMILES string of the molecule is Cc1cc(N=Nc2cccc3c2CN(C2CCC(=O)NC2=O)C3=O)cc(C)c1OCCCOC1CCC(NC(=O)[C@@H]2N[C@@H](CC(C)(C)C)[C@@]3(C(=O)Nc4cc(Cl)ccc43)[C@H]2c2cccc(Cl)c2F)CC1. The van der Waals surface area contributed by atoms with Crippen LogP contribution in [0, 0.1) is 25.1 Å². The van der Waals surface area contributed by atoms with Crippen molar-refractivity contribution in [3.05, 3.63) is 116 Å². The van der Waals surface area contributed by atoms with Crippen molar-refractivity contribution in [2.75, 3.05) is 18.5 Å². The fourth-order valence-electron chi connectivity index (χ4n) is 11.3. The van der Waals surface area contributed by atoms with Gasteiger partial charge in [-0.05, 0) is 123 Å². The molecule has 1 spiro atoms. The number of imide groups is 1. The normalized spacial score (nSPS) is 25.3. The van der Waals surface area contributed by atoms with Crippen LogP contribution in [0.3, 0.4) is 0 Å². The molecule has 4 aromatic rings. The number of hydrogen-bond acceptors (Lipinski definition) is 10. The molecule has 70 heavy (non-hydrogen) atoms. The van der Waals surface area contributed by atoms with Gasteiger partial charge in [0.2, 0.25) is 23.6 Å². The molecule has 3 fully saturated rings. The number of carbonyl (C=O) groups excluding carboxylic acids is 5. The predicted octanol–water partition coefficient (Wildman–Crippen LogP) is 9.59. The first-order valence-electron chi connectivity index (χ1n) is 24.1. The number of azo groups is 1. The highest BCUT2D eigenvalue weighted by molar-refractivity contribution is 6.31. The van der Waals surface area contributed by atoms with Gasteiger partial charge in [-0.2, -0.15) is 10.2 Å². The molecule has 368 valence electrons. The molecule has 4 aliphatic heterocycles. The molecule has 14 nitrogen and oxygen atoms in total. The van der Waals surface area contributed by atoms with Gasteiger partial charge in [0.25, 0.3) is 5.91 Å². The Hall–Kier alpha value is -5.74. The predicted molar refractivity (Wildman–Crippen MR) is 264 cm³/mol. The van der Waals surface area contributed by atoms with E-state index in [4.69, 9.17) is 32.7 Å². The average Bonchev–Trinajstić information content (AvgIpc) is 3.92. The molecule has 5 aliphatic rings. The van der Waals surface area contributed by atoms with E-state index in [1.807, 2.05) is 32.0 Å². The molecule has 9 rings (SSSR count). The number of anilines is 1. The summed E-state index contributed by atoms with van der Waals surface area (Å²) < 4.78 is 28.8. The summed E-state index contributed by atoms with van der Waals surface area (Å²) in [6.07, 6.45) is 4.56.